The van der Waals surface area contributed by atoms with E-state index in [9.17, 15) is 0 Å². The number of rotatable bonds is 3. The topological polar surface area (TPSA) is 9.23 Å². The fourth-order valence-electron chi connectivity index (χ4n) is 1.61. The summed E-state index contributed by atoms with van der Waals surface area (Å²) in [5.41, 5.74) is 1.81. The highest BCUT2D eigenvalue weighted by molar-refractivity contribution is 6.32. The average Bonchev–Trinajstić information content (AvgIpc) is 2.34. The molecule has 0 bridgehead atoms. The molecule has 18 heavy (non-hydrogen) atoms. The minimum atomic E-state index is 0.350. The van der Waals surface area contributed by atoms with Crippen LogP contribution in [0.15, 0.2) is 36.4 Å². The van der Waals surface area contributed by atoms with Gasteiger partial charge in [-0.1, -0.05) is 35.3 Å². The van der Waals surface area contributed by atoms with E-state index in [0.29, 0.717) is 21.7 Å². The number of halogens is 3. The smallest absolute Gasteiger partial charge is 0.150 e. The van der Waals surface area contributed by atoms with Gasteiger partial charge in [-0.15, -0.1) is 11.6 Å². The summed E-state index contributed by atoms with van der Waals surface area (Å²) in [5.74, 6) is 1.67. The summed E-state index contributed by atoms with van der Waals surface area (Å²) in [6, 6.07) is 11.0. The van der Waals surface area contributed by atoms with Crippen molar-refractivity contribution >= 4 is 34.8 Å². The van der Waals surface area contributed by atoms with Gasteiger partial charge in [-0.05, 0) is 36.8 Å². The molecule has 0 unspecified atom stereocenters. The summed E-state index contributed by atoms with van der Waals surface area (Å²) >= 11 is 17.9. The maximum atomic E-state index is 6.13. The highest BCUT2D eigenvalue weighted by Crippen LogP contribution is 2.35. The second-order valence-electron chi connectivity index (χ2n) is 3.87. The van der Waals surface area contributed by atoms with Gasteiger partial charge in [0, 0.05) is 10.6 Å². The van der Waals surface area contributed by atoms with Crippen molar-refractivity contribution in [1.82, 2.24) is 0 Å². The first kappa shape index (κ1) is 13.5. The van der Waals surface area contributed by atoms with E-state index in [1.54, 1.807) is 12.1 Å². The summed E-state index contributed by atoms with van der Waals surface area (Å²) in [6.45, 7) is 1.93. The molecule has 0 radical (unpaired) electrons. The molecular weight excluding hydrogens is 291 g/mol. The van der Waals surface area contributed by atoms with Crippen molar-refractivity contribution in [2.45, 2.75) is 12.8 Å². The summed E-state index contributed by atoms with van der Waals surface area (Å²) in [7, 11) is 0. The van der Waals surface area contributed by atoms with Crippen molar-refractivity contribution in [2.24, 2.45) is 0 Å². The lowest BCUT2D eigenvalue weighted by atomic mass is 10.2. The number of hydrogen-bond acceptors (Lipinski definition) is 1. The van der Waals surface area contributed by atoms with Gasteiger partial charge >= 0.3 is 0 Å². The molecule has 0 aliphatic carbocycles. The largest absolute Gasteiger partial charge is 0.455 e. The van der Waals surface area contributed by atoms with Crippen molar-refractivity contribution < 1.29 is 4.74 Å². The normalized spacial score (nSPS) is 10.4. The predicted molar refractivity (Wildman–Crippen MR) is 77.3 cm³/mol. The second-order valence-corrected chi connectivity index (χ2v) is 4.98. The second kappa shape index (κ2) is 5.83. The van der Waals surface area contributed by atoms with Gasteiger partial charge in [0.05, 0.1) is 10.9 Å². The Labute approximate surface area is 121 Å². The Kier molecular flexibility index (Phi) is 4.39. The third kappa shape index (κ3) is 2.92. The highest BCUT2D eigenvalue weighted by atomic mass is 35.5. The molecule has 94 valence electrons. The molecule has 0 saturated carbocycles. The van der Waals surface area contributed by atoms with Crippen molar-refractivity contribution in [3.05, 3.63) is 57.6 Å². The first-order chi connectivity index (χ1) is 8.61. The van der Waals surface area contributed by atoms with Gasteiger partial charge in [-0.2, -0.15) is 0 Å². The molecule has 4 heteroatoms. The lowest BCUT2D eigenvalue weighted by molar-refractivity contribution is 0.475. The molecule has 0 aliphatic heterocycles. The quantitative estimate of drug-likeness (QED) is 0.648. The lowest BCUT2D eigenvalue weighted by Gasteiger charge is -2.13. The molecule has 2 aromatic rings. The Morgan fingerprint density at radius 1 is 1.11 bits per heavy atom. The van der Waals surface area contributed by atoms with Crippen molar-refractivity contribution in [3.63, 3.8) is 0 Å². The fraction of sp³-hybridized carbons (Fsp3) is 0.143. The van der Waals surface area contributed by atoms with Crippen LogP contribution in [0.1, 0.15) is 11.1 Å². The molecule has 0 atom stereocenters. The van der Waals surface area contributed by atoms with Gasteiger partial charge in [0.2, 0.25) is 0 Å². The highest BCUT2D eigenvalue weighted by Gasteiger charge is 2.10. The Morgan fingerprint density at radius 2 is 1.89 bits per heavy atom. The molecule has 0 N–H and O–H groups in total. The molecule has 0 saturated heterocycles. The molecule has 2 rings (SSSR count). The van der Waals surface area contributed by atoms with Crippen LogP contribution in [0.2, 0.25) is 10.0 Å². The van der Waals surface area contributed by atoms with E-state index in [4.69, 9.17) is 39.5 Å². The third-order valence-corrected chi connectivity index (χ3v) is 3.36. The molecule has 2 aromatic carbocycles. The van der Waals surface area contributed by atoms with Crippen molar-refractivity contribution in [1.29, 1.82) is 0 Å². The van der Waals surface area contributed by atoms with Gasteiger partial charge < -0.3 is 4.74 Å². The van der Waals surface area contributed by atoms with Crippen LogP contribution in [-0.2, 0) is 5.88 Å². The van der Waals surface area contributed by atoms with Gasteiger partial charge in [0.25, 0.3) is 0 Å². The van der Waals surface area contributed by atoms with Crippen LogP contribution in [-0.4, -0.2) is 0 Å². The van der Waals surface area contributed by atoms with Crippen LogP contribution in [0.5, 0.6) is 11.5 Å². The third-order valence-electron chi connectivity index (χ3n) is 2.54. The molecule has 0 amide bonds. The molecule has 0 aliphatic rings. The predicted octanol–water partition coefficient (Wildman–Crippen LogP) is 5.83. The van der Waals surface area contributed by atoms with Crippen LogP contribution in [0.25, 0.3) is 0 Å². The Bertz CT molecular complexity index is 567. The molecule has 0 aromatic heterocycles. The van der Waals surface area contributed by atoms with E-state index >= 15 is 0 Å². The van der Waals surface area contributed by atoms with E-state index in [1.807, 2.05) is 31.2 Å². The number of alkyl halides is 1. The standard InChI is InChI=1S/C14H11Cl3O/c1-9-7-11(16)5-6-13(9)18-14-10(8-15)3-2-4-12(14)17/h2-7H,8H2,1H3. The summed E-state index contributed by atoms with van der Waals surface area (Å²) in [6.07, 6.45) is 0. The summed E-state index contributed by atoms with van der Waals surface area (Å²) < 4.78 is 5.84. The zero-order valence-corrected chi connectivity index (χ0v) is 12.0. The minimum absolute atomic E-state index is 0.350. The molecule has 0 fully saturated rings. The first-order valence-electron chi connectivity index (χ1n) is 5.39. The van der Waals surface area contributed by atoms with Gasteiger partial charge in [-0.25, -0.2) is 0 Å². The van der Waals surface area contributed by atoms with Crippen LogP contribution < -0.4 is 4.74 Å². The average molecular weight is 302 g/mol. The van der Waals surface area contributed by atoms with Gasteiger partial charge in [0.15, 0.2) is 0 Å². The Balaban J connectivity index is 2.39. The number of ether oxygens (including phenoxy) is 1. The number of aryl methyl sites for hydroxylation is 1. The SMILES string of the molecule is Cc1cc(Cl)ccc1Oc1c(Cl)cccc1CCl. The number of para-hydroxylation sites is 1. The van der Waals surface area contributed by atoms with Crippen LogP contribution in [0, 0.1) is 6.92 Å². The molecular formula is C14H11Cl3O. The van der Waals surface area contributed by atoms with E-state index < -0.39 is 0 Å². The minimum Gasteiger partial charge on any atom is -0.455 e. The maximum absolute atomic E-state index is 6.13. The maximum Gasteiger partial charge on any atom is 0.150 e. The monoisotopic (exact) mass is 300 g/mol. The molecule has 0 spiro atoms. The van der Waals surface area contributed by atoms with Gasteiger partial charge in [0.1, 0.15) is 11.5 Å². The number of benzene rings is 2. The van der Waals surface area contributed by atoms with Crippen LogP contribution in [0.4, 0.5) is 0 Å². The first-order valence-corrected chi connectivity index (χ1v) is 6.68. The van der Waals surface area contributed by atoms with E-state index in [1.165, 1.54) is 0 Å². The zero-order chi connectivity index (χ0) is 13.1. The van der Waals surface area contributed by atoms with Crippen LogP contribution >= 0.6 is 34.8 Å². The van der Waals surface area contributed by atoms with Gasteiger partial charge in [-0.3, -0.25) is 0 Å². The Morgan fingerprint density at radius 3 is 2.56 bits per heavy atom. The van der Waals surface area contributed by atoms with Crippen LogP contribution in [0.3, 0.4) is 0 Å². The van der Waals surface area contributed by atoms with E-state index in [2.05, 4.69) is 0 Å². The Hall–Kier alpha value is -0.890. The molecule has 0 heterocycles. The summed E-state index contributed by atoms with van der Waals surface area (Å²) in [5, 5.41) is 1.22. The number of hydrogen-bond donors (Lipinski definition) is 0. The fourth-order valence-corrected chi connectivity index (χ4v) is 2.28. The van der Waals surface area contributed by atoms with Crippen molar-refractivity contribution in [2.75, 3.05) is 0 Å². The lowest BCUT2D eigenvalue weighted by Crippen LogP contribution is -1.92. The van der Waals surface area contributed by atoms with Crippen molar-refractivity contribution in [3.8, 4) is 11.5 Å². The summed E-state index contributed by atoms with van der Waals surface area (Å²) in [4.78, 5) is 0. The molecule has 1 nitrogen and oxygen atoms in total. The van der Waals surface area contributed by atoms with E-state index in [0.717, 1.165) is 16.9 Å². The zero-order valence-electron chi connectivity index (χ0n) is 9.71. The van der Waals surface area contributed by atoms with E-state index in [-0.39, 0.29) is 0 Å².